The summed E-state index contributed by atoms with van der Waals surface area (Å²) in [4.78, 5) is 17.8. The van der Waals surface area contributed by atoms with E-state index in [0.717, 1.165) is 13.8 Å². The van der Waals surface area contributed by atoms with Gasteiger partial charge in [0.25, 0.3) is 0 Å². The maximum Gasteiger partial charge on any atom is 4.00 e. The normalized spacial score (nSPS) is 5.00. The number of aliphatic carboxylic acids is 2. The van der Waals surface area contributed by atoms with Gasteiger partial charge in [0.15, 0.2) is 0 Å². The van der Waals surface area contributed by atoms with Crippen molar-refractivity contribution in [1.29, 1.82) is 0 Å². The minimum absolute atomic E-state index is 0. The van der Waals surface area contributed by atoms with Crippen LogP contribution in [-0.4, -0.2) is 11.9 Å². The molecule has 6 heteroatoms. The van der Waals surface area contributed by atoms with Crippen LogP contribution in [0.15, 0.2) is 0 Å². The average Bonchev–Trinajstić information content (AvgIpc) is 1.25. The van der Waals surface area contributed by atoms with Crippen molar-refractivity contribution in [1.82, 2.24) is 0 Å². The van der Waals surface area contributed by atoms with Crippen LogP contribution in [0.1, 0.15) is 13.8 Å². The molecule has 0 aliphatic carbocycles. The van der Waals surface area contributed by atoms with Crippen LogP contribution in [0.2, 0.25) is 0 Å². The molecule has 0 unspecified atom stereocenters. The summed E-state index contributed by atoms with van der Waals surface area (Å²) in [7, 11) is 0. The summed E-state index contributed by atoms with van der Waals surface area (Å²) >= 11 is 0. The van der Waals surface area contributed by atoms with Crippen molar-refractivity contribution in [3.05, 3.63) is 0 Å². The molecule has 0 heterocycles. The van der Waals surface area contributed by atoms with Crippen LogP contribution in [0, 0.1) is 0 Å². The molecule has 0 radical (unpaired) electrons. The van der Waals surface area contributed by atoms with Crippen molar-refractivity contribution >= 4 is 11.9 Å². The summed E-state index contributed by atoms with van der Waals surface area (Å²) in [6.07, 6.45) is 0. The van der Waals surface area contributed by atoms with E-state index in [4.69, 9.17) is 19.8 Å². The number of carboxylic acid groups (broad SMARTS) is 2. The summed E-state index contributed by atoms with van der Waals surface area (Å²) in [6.45, 7) is 1.94. The molecule has 10 heavy (non-hydrogen) atoms. The first-order valence-electron chi connectivity index (χ1n) is 1.82. The molecule has 0 atom stereocenters. The van der Waals surface area contributed by atoms with Gasteiger partial charge in [-0.25, -0.2) is 0 Å². The van der Waals surface area contributed by atoms with Crippen LogP contribution >= 0.6 is 0 Å². The van der Waals surface area contributed by atoms with E-state index in [0.29, 0.717) is 0 Å². The Hall–Kier alpha value is 0.446. The van der Waals surface area contributed by atoms with Crippen LogP contribution in [-0.2, 0) is 55.3 Å². The Morgan fingerprint density at radius 2 is 1.00 bits per heavy atom. The summed E-state index contributed by atoms with van der Waals surface area (Å²) in [5, 5.41) is 17.8. The van der Waals surface area contributed by atoms with Gasteiger partial charge in [-0.05, 0) is 13.8 Å². The molecule has 0 amide bonds. The maximum atomic E-state index is 8.89. The summed E-state index contributed by atoms with van der Waals surface area (Å²) in [5.41, 5.74) is 0. The molecule has 0 aromatic heterocycles. The van der Waals surface area contributed by atoms with E-state index in [-0.39, 0.29) is 45.7 Å². The molecule has 0 N–H and O–H groups in total. The van der Waals surface area contributed by atoms with Crippen molar-refractivity contribution in [3.8, 4) is 0 Å². The first-order chi connectivity index (χ1) is 3.46. The minimum atomic E-state index is -1.08. The van der Waals surface area contributed by atoms with Gasteiger partial charge in [-0.1, -0.05) is 0 Å². The Kier molecular flexibility index (Phi) is 36.4. The zero-order valence-electron chi connectivity index (χ0n) is 5.84. The molecule has 4 nitrogen and oxygen atoms in total. The third-order valence-electron chi connectivity index (χ3n) is 0. The molecule has 0 saturated heterocycles. The third kappa shape index (κ3) is 2350. The van der Waals surface area contributed by atoms with E-state index in [2.05, 4.69) is 0 Å². The molecule has 0 bridgehead atoms. The predicted octanol–water partition coefficient (Wildman–Crippen LogP) is -2.49. The van der Waals surface area contributed by atoms with E-state index in [1.807, 2.05) is 0 Å². The van der Waals surface area contributed by atoms with Gasteiger partial charge in [0.05, 0.1) is 0 Å². The molecule has 0 aromatic rings. The number of hydrogen-bond donors (Lipinski definition) is 0. The van der Waals surface area contributed by atoms with Crippen molar-refractivity contribution < 1.29 is 65.5 Å². The van der Waals surface area contributed by atoms with Crippen molar-refractivity contribution in [2.24, 2.45) is 0 Å². The van der Waals surface area contributed by atoms with Crippen LogP contribution in [0.25, 0.3) is 0 Å². The van der Waals surface area contributed by atoms with Gasteiger partial charge in [0.2, 0.25) is 0 Å². The molecule has 0 aliphatic heterocycles. The van der Waals surface area contributed by atoms with Gasteiger partial charge in [-0.15, -0.1) is 0 Å². The first-order valence-corrected chi connectivity index (χ1v) is 1.82. The van der Waals surface area contributed by atoms with Crippen LogP contribution in [0.3, 0.4) is 0 Å². The minimum Gasteiger partial charge on any atom is -0.550 e. The molecule has 0 aromatic carbocycles. The fraction of sp³-hybridized carbons (Fsp3) is 0.500. The Morgan fingerprint density at radius 1 is 1.00 bits per heavy atom. The molecule has 0 aliphatic rings. The monoisotopic (exact) mass is 272 g/mol. The Morgan fingerprint density at radius 3 is 1.00 bits per heavy atom. The van der Waals surface area contributed by atoms with E-state index >= 15 is 0 Å². The smallest absolute Gasteiger partial charge is 0.550 e. The predicted molar refractivity (Wildman–Crippen MR) is 21.4 cm³/mol. The van der Waals surface area contributed by atoms with Gasteiger partial charge in [0, 0.05) is 11.9 Å². The van der Waals surface area contributed by atoms with Crippen LogP contribution < -0.4 is 10.2 Å². The van der Waals surface area contributed by atoms with Gasteiger partial charge in [-0.2, -0.15) is 0 Å². The van der Waals surface area contributed by atoms with Gasteiger partial charge < -0.3 is 19.8 Å². The van der Waals surface area contributed by atoms with Crippen molar-refractivity contribution in [3.63, 3.8) is 0 Å². The fourth-order valence-corrected chi connectivity index (χ4v) is 0. The third-order valence-corrected chi connectivity index (χ3v) is 0. The number of rotatable bonds is 0. The van der Waals surface area contributed by atoms with E-state index < -0.39 is 11.9 Å². The molecule has 0 spiro atoms. The second kappa shape index (κ2) is 16.2. The van der Waals surface area contributed by atoms with Crippen molar-refractivity contribution in [2.45, 2.75) is 13.8 Å². The standard InChI is InChI=1S/2C2H4O2.Zn.Zr/c2*1-2(3)4;;/h2*1H3,(H,3,4);;/q;;+2;+4/p-2. The Labute approximate surface area is 90.9 Å². The molecule has 0 saturated carbocycles. The number of hydrogen-bond acceptors (Lipinski definition) is 4. The second-order valence-corrected chi connectivity index (χ2v) is 0.983. The Bertz CT molecular complexity index is 75.3. The maximum absolute atomic E-state index is 8.89. The first kappa shape index (κ1) is 22.4. The van der Waals surface area contributed by atoms with Crippen LogP contribution in [0.5, 0.6) is 0 Å². The Balaban J connectivity index is -0.0000000300. The van der Waals surface area contributed by atoms with Gasteiger partial charge >= 0.3 is 45.7 Å². The molecule has 0 rings (SSSR count). The zero-order valence-corrected chi connectivity index (χ0v) is 11.3. The van der Waals surface area contributed by atoms with E-state index in [1.165, 1.54) is 0 Å². The molecular weight excluding hydrogens is 269 g/mol. The van der Waals surface area contributed by atoms with Crippen LogP contribution in [0.4, 0.5) is 0 Å². The zero-order chi connectivity index (χ0) is 7.15. The summed E-state index contributed by atoms with van der Waals surface area (Å²) in [5.74, 6) is -2.17. The average molecular weight is 275 g/mol. The number of carboxylic acids is 2. The van der Waals surface area contributed by atoms with E-state index in [1.54, 1.807) is 0 Å². The number of carbonyl (C=O) groups is 2. The summed E-state index contributed by atoms with van der Waals surface area (Å²) < 4.78 is 0. The largest absolute Gasteiger partial charge is 4.00 e. The number of carbonyl (C=O) groups excluding carboxylic acids is 2. The fourth-order valence-electron chi connectivity index (χ4n) is 0. The molecular formula is C4H6O4ZnZr+4. The SMILES string of the molecule is CC(=O)[O-].CC(=O)[O-].[Zn+2].[Zr+4]. The summed E-state index contributed by atoms with van der Waals surface area (Å²) in [6, 6.07) is 0. The molecule has 48 valence electrons. The van der Waals surface area contributed by atoms with E-state index in [9.17, 15) is 0 Å². The van der Waals surface area contributed by atoms with Crippen molar-refractivity contribution in [2.75, 3.05) is 0 Å². The topological polar surface area (TPSA) is 80.3 Å². The van der Waals surface area contributed by atoms with Gasteiger partial charge in [-0.3, -0.25) is 0 Å². The molecule has 0 fully saturated rings. The second-order valence-electron chi connectivity index (χ2n) is 0.983. The van der Waals surface area contributed by atoms with Gasteiger partial charge in [0.1, 0.15) is 0 Å². The quantitative estimate of drug-likeness (QED) is 0.458.